The first-order valence-corrected chi connectivity index (χ1v) is 12.7. The van der Waals surface area contributed by atoms with Crippen molar-refractivity contribution in [2.75, 3.05) is 13.4 Å². The van der Waals surface area contributed by atoms with Crippen molar-refractivity contribution in [3.8, 4) is 22.4 Å². The number of allylic oxidation sites excluding steroid dienone is 2. The highest BCUT2D eigenvalue weighted by Crippen LogP contribution is 2.45. The summed E-state index contributed by atoms with van der Waals surface area (Å²) in [5.74, 6) is 0.788. The van der Waals surface area contributed by atoms with Crippen molar-refractivity contribution in [3.63, 3.8) is 0 Å². The van der Waals surface area contributed by atoms with E-state index >= 15 is 0 Å². The molecule has 0 aliphatic heterocycles. The molecule has 0 N–H and O–H groups in total. The second kappa shape index (κ2) is 9.46. The second-order valence-corrected chi connectivity index (χ2v) is 9.91. The molecule has 0 bridgehead atoms. The van der Waals surface area contributed by atoms with E-state index in [9.17, 15) is 5.26 Å². The number of thioether (sulfide) groups is 1. The number of aromatic nitrogens is 1. The topological polar surface area (TPSA) is 37.9 Å². The molecule has 156 valence electrons. The average Bonchev–Trinajstić information content (AvgIpc) is 3.42. The predicted molar refractivity (Wildman–Crippen MR) is 136 cm³/mol. The molecule has 0 saturated carbocycles. The Morgan fingerprint density at radius 3 is 2.55 bits per heavy atom. The summed E-state index contributed by atoms with van der Waals surface area (Å²) in [6.07, 6.45) is 1.94. The zero-order chi connectivity index (χ0) is 22.0. The van der Waals surface area contributed by atoms with Crippen LogP contribution in [0, 0.1) is 11.3 Å². The van der Waals surface area contributed by atoms with Gasteiger partial charge < -0.3 is 4.74 Å². The third-order valence-corrected chi connectivity index (χ3v) is 7.90. The Balaban J connectivity index is 2.08. The number of nitriles is 1. The highest BCUT2D eigenvalue weighted by molar-refractivity contribution is 8.02. The Morgan fingerprint density at radius 2 is 1.94 bits per heavy atom. The number of nitrogens with zero attached hydrogens (tertiary/aromatic N) is 2. The molecule has 0 amide bonds. The van der Waals surface area contributed by atoms with Gasteiger partial charge in [0.25, 0.3) is 0 Å². The summed E-state index contributed by atoms with van der Waals surface area (Å²) in [4.78, 5) is 2.93. The molecular weight excluding hydrogens is 464 g/mol. The summed E-state index contributed by atoms with van der Waals surface area (Å²) >= 11 is 10.9. The third kappa shape index (κ3) is 4.24. The van der Waals surface area contributed by atoms with Crippen molar-refractivity contribution in [2.45, 2.75) is 11.8 Å². The van der Waals surface area contributed by atoms with Gasteiger partial charge in [-0.3, -0.25) is 3.97 Å². The number of hydrogen-bond acceptors (Lipinski definition) is 5. The number of benzene rings is 2. The van der Waals surface area contributed by atoms with Crippen LogP contribution in [0.5, 0.6) is 5.75 Å². The van der Waals surface area contributed by atoms with Crippen LogP contribution in [-0.2, 0) is 0 Å². The molecule has 2 aromatic carbocycles. The van der Waals surface area contributed by atoms with Crippen molar-refractivity contribution in [2.24, 2.45) is 0 Å². The number of ether oxygens (including phenoxy) is 1. The van der Waals surface area contributed by atoms with Crippen LogP contribution in [0.25, 0.3) is 27.0 Å². The van der Waals surface area contributed by atoms with Gasteiger partial charge in [-0.1, -0.05) is 17.7 Å². The molecule has 4 aromatic rings. The molecule has 0 aliphatic rings. The van der Waals surface area contributed by atoms with Crippen molar-refractivity contribution < 1.29 is 4.74 Å². The molecule has 0 fully saturated rings. The van der Waals surface area contributed by atoms with Gasteiger partial charge >= 0.3 is 0 Å². The third-order valence-electron chi connectivity index (χ3n) is 4.92. The fraction of sp³-hybridized carbons (Fsp3) is 0.125. The summed E-state index contributed by atoms with van der Waals surface area (Å²) < 4.78 is 7.78. The molecule has 7 heteroatoms. The van der Waals surface area contributed by atoms with Gasteiger partial charge in [-0.2, -0.15) is 5.26 Å². The first kappa shape index (κ1) is 21.9. The molecule has 2 aromatic heterocycles. The Morgan fingerprint density at radius 1 is 1.16 bits per heavy atom. The lowest BCUT2D eigenvalue weighted by atomic mass is 10.0. The van der Waals surface area contributed by atoms with Gasteiger partial charge in [-0.25, -0.2) is 0 Å². The smallest absolute Gasteiger partial charge is 0.119 e. The number of halogens is 1. The van der Waals surface area contributed by atoms with Gasteiger partial charge in [0.2, 0.25) is 0 Å². The fourth-order valence-corrected chi connectivity index (χ4v) is 5.93. The van der Waals surface area contributed by atoms with Crippen LogP contribution < -0.4 is 4.74 Å². The van der Waals surface area contributed by atoms with Crippen molar-refractivity contribution in [1.29, 1.82) is 5.26 Å². The van der Waals surface area contributed by atoms with E-state index in [0.29, 0.717) is 9.93 Å². The van der Waals surface area contributed by atoms with E-state index in [-0.39, 0.29) is 0 Å². The Bertz CT molecular complexity index is 1300. The monoisotopic (exact) mass is 482 g/mol. The molecule has 31 heavy (non-hydrogen) atoms. The lowest BCUT2D eigenvalue weighted by Crippen LogP contribution is -1.92. The molecule has 0 radical (unpaired) electrons. The maximum Gasteiger partial charge on any atom is 0.119 e. The minimum Gasteiger partial charge on any atom is -0.497 e. The van der Waals surface area contributed by atoms with E-state index in [1.54, 1.807) is 30.4 Å². The summed E-state index contributed by atoms with van der Waals surface area (Å²) in [5, 5.41) is 13.6. The van der Waals surface area contributed by atoms with Crippen molar-refractivity contribution >= 4 is 63.1 Å². The Kier molecular flexibility index (Phi) is 6.68. The van der Waals surface area contributed by atoms with Crippen LogP contribution >= 0.6 is 46.6 Å². The average molecular weight is 483 g/mol. The van der Waals surface area contributed by atoms with E-state index in [1.807, 2.05) is 43.5 Å². The minimum atomic E-state index is 0.705. The van der Waals surface area contributed by atoms with E-state index in [1.165, 1.54) is 11.8 Å². The first-order valence-electron chi connectivity index (χ1n) is 9.43. The van der Waals surface area contributed by atoms with Crippen LogP contribution in [0.2, 0.25) is 5.02 Å². The zero-order valence-electron chi connectivity index (χ0n) is 17.2. The summed E-state index contributed by atoms with van der Waals surface area (Å²) in [7, 11) is 1.67. The molecule has 2 heterocycles. The molecule has 0 atom stereocenters. The molecular formula is C24H19ClN2OS3. The van der Waals surface area contributed by atoms with E-state index in [2.05, 4.69) is 39.7 Å². The molecule has 0 saturated heterocycles. The first-order chi connectivity index (χ1) is 15.1. The lowest BCUT2D eigenvalue weighted by molar-refractivity contribution is 0.415. The summed E-state index contributed by atoms with van der Waals surface area (Å²) in [6, 6.07) is 20.5. The summed E-state index contributed by atoms with van der Waals surface area (Å²) in [6.45, 7) is 2.03. The molecule has 3 nitrogen and oxygen atoms in total. The SMILES string of the molecule is COc1ccc2c(c1)c(/C(C)=C(\C#N)SC)c(-c1cccs1)n2Sc1ccc(Cl)cc1. The van der Waals surface area contributed by atoms with Crippen LogP contribution in [0.15, 0.2) is 69.8 Å². The van der Waals surface area contributed by atoms with Crippen molar-refractivity contribution in [3.05, 3.63) is 75.5 Å². The predicted octanol–water partition coefficient (Wildman–Crippen LogP) is 8.20. The second-order valence-electron chi connectivity index (χ2n) is 6.69. The van der Waals surface area contributed by atoms with Crippen LogP contribution in [0.4, 0.5) is 0 Å². The standard InChI is InChI=1S/C24H19ClN2OS3/c1-15(22(14-26)29-3)23-19-13-17(28-2)8-11-20(19)27(24(23)21-5-4-12-30-21)31-18-9-6-16(25)7-10-18/h4-13H,1-3H3/b22-15+. The quantitative estimate of drug-likeness (QED) is 0.259. The maximum absolute atomic E-state index is 9.74. The lowest BCUT2D eigenvalue weighted by Gasteiger charge is -2.11. The van der Waals surface area contributed by atoms with E-state index in [4.69, 9.17) is 16.3 Å². The van der Waals surface area contributed by atoms with Crippen LogP contribution in [0.1, 0.15) is 12.5 Å². The number of hydrogen-bond donors (Lipinski definition) is 0. The van der Waals surface area contributed by atoms with Gasteiger partial charge in [0.05, 0.1) is 28.1 Å². The van der Waals surface area contributed by atoms with Crippen LogP contribution in [0.3, 0.4) is 0 Å². The summed E-state index contributed by atoms with van der Waals surface area (Å²) in [5.41, 5.74) is 4.17. The molecule has 0 spiro atoms. The van der Waals surface area contributed by atoms with Gasteiger partial charge in [-0.15, -0.1) is 23.1 Å². The highest BCUT2D eigenvalue weighted by Gasteiger charge is 2.23. The fourth-order valence-electron chi connectivity index (χ4n) is 3.48. The minimum absolute atomic E-state index is 0.705. The number of thiophene rings is 1. The maximum atomic E-state index is 9.74. The van der Waals surface area contributed by atoms with Gasteiger partial charge in [0, 0.05) is 20.9 Å². The zero-order valence-corrected chi connectivity index (χ0v) is 20.4. The number of rotatable bonds is 6. The van der Waals surface area contributed by atoms with E-state index in [0.717, 1.165) is 43.3 Å². The highest BCUT2D eigenvalue weighted by atomic mass is 35.5. The number of methoxy groups -OCH3 is 1. The number of fused-ring (bicyclic) bond motifs is 1. The Labute approximate surface area is 199 Å². The molecule has 0 aliphatic carbocycles. The normalized spacial score (nSPS) is 12.0. The van der Waals surface area contributed by atoms with E-state index < -0.39 is 0 Å². The van der Waals surface area contributed by atoms with Crippen LogP contribution in [-0.4, -0.2) is 17.3 Å². The van der Waals surface area contributed by atoms with Gasteiger partial charge in [0.15, 0.2) is 0 Å². The van der Waals surface area contributed by atoms with Crippen molar-refractivity contribution in [1.82, 2.24) is 3.97 Å². The van der Waals surface area contributed by atoms with Gasteiger partial charge in [0.1, 0.15) is 11.8 Å². The largest absolute Gasteiger partial charge is 0.497 e. The Hall–Kier alpha value is -2.30. The molecule has 4 rings (SSSR count). The van der Waals surface area contributed by atoms with Gasteiger partial charge in [-0.05, 0) is 84.6 Å². The molecule has 0 unspecified atom stereocenters.